The van der Waals surface area contributed by atoms with Crippen LogP contribution >= 0.6 is 11.6 Å². The third-order valence-corrected chi connectivity index (χ3v) is 3.61. The maximum Gasteiger partial charge on any atom is 0.127 e. The predicted octanol–water partition coefficient (Wildman–Crippen LogP) is 4.29. The number of hydrogen-bond donors (Lipinski definition) is 1. The maximum absolute atomic E-state index is 13.7. The smallest absolute Gasteiger partial charge is 0.127 e. The number of nitrogens with one attached hydrogen (secondary N) is 1. The highest BCUT2D eigenvalue weighted by Crippen LogP contribution is 2.21. The molecular weight excluding hydrogens is 249 g/mol. The van der Waals surface area contributed by atoms with Gasteiger partial charge in [0.1, 0.15) is 5.82 Å². The zero-order valence-electron chi connectivity index (χ0n) is 11.6. The highest BCUT2D eigenvalue weighted by atomic mass is 35.5. The molecule has 2 atom stereocenters. The van der Waals surface area contributed by atoms with E-state index in [-0.39, 0.29) is 5.82 Å². The van der Waals surface area contributed by atoms with Crippen LogP contribution in [-0.2, 0) is 6.42 Å². The van der Waals surface area contributed by atoms with E-state index in [9.17, 15) is 4.39 Å². The fourth-order valence-electron chi connectivity index (χ4n) is 1.86. The third kappa shape index (κ3) is 4.95. The third-order valence-electron chi connectivity index (χ3n) is 3.38. The molecule has 1 N–H and O–H groups in total. The molecule has 0 aliphatic heterocycles. The number of halogens is 2. The van der Waals surface area contributed by atoms with Crippen molar-refractivity contribution < 1.29 is 4.39 Å². The fraction of sp³-hybridized carbons (Fsp3) is 0.600. The Balaban J connectivity index is 2.55. The van der Waals surface area contributed by atoms with Gasteiger partial charge < -0.3 is 5.32 Å². The van der Waals surface area contributed by atoms with Crippen molar-refractivity contribution in [3.8, 4) is 0 Å². The second-order valence-electron chi connectivity index (χ2n) is 5.46. The molecule has 1 aromatic rings. The fourth-order valence-corrected chi connectivity index (χ4v) is 2.02. The molecule has 0 aliphatic rings. The lowest BCUT2D eigenvalue weighted by molar-refractivity contribution is 0.351. The summed E-state index contributed by atoms with van der Waals surface area (Å²) >= 11 is 5.75. The largest absolute Gasteiger partial charge is 0.314 e. The zero-order valence-corrected chi connectivity index (χ0v) is 12.4. The van der Waals surface area contributed by atoms with Crippen molar-refractivity contribution in [2.24, 2.45) is 11.8 Å². The lowest BCUT2D eigenvalue weighted by Crippen LogP contribution is -2.31. The van der Waals surface area contributed by atoms with Crippen molar-refractivity contribution in [2.45, 2.75) is 40.2 Å². The van der Waals surface area contributed by atoms with Crippen LogP contribution in [0.4, 0.5) is 4.39 Å². The number of hydrogen-bond acceptors (Lipinski definition) is 1. The first-order valence-corrected chi connectivity index (χ1v) is 6.95. The number of benzene rings is 1. The molecule has 0 saturated carbocycles. The van der Waals surface area contributed by atoms with Gasteiger partial charge in [-0.3, -0.25) is 0 Å². The summed E-state index contributed by atoms with van der Waals surface area (Å²) in [5, 5.41) is 3.88. The highest BCUT2D eigenvalue weighted by Gasteiger charge is 2.15. The van der Waals surface area contributed by atoms with Gasteiger partial charge in [0.05, 0.1) is 0 Å². The van der Waals surface area contributed by atoms with Gasteiger partial charge in [0, 0.05) is 11.1 Å². The van der Waals surface area contributed by atoms with E-state index in [0.29, 0.717) is 22.9 Å². The van der Waals surface area contributed by atoms with Crippen molar-refractivity contribution in [3.05, 3.63) is 34.6 Å². The van der Waals surface area contributed by atoms with Gasteiger partial charge in [-0.25, -0.2) is 4.39 Å². The van der Waals surface area contributed by atoms with Gasteiger partial charge in [-0.2, -0.15) is 0 Å². The van der Waals surface area contributed by atoms with Crippen LogP contribution in [0.5, 0.6) is 0 Å². The van der Waals surface area contributed by atoms with Gasteiger partial charge in [-0.1, -0.05) is 45.4 Å². The van der Waals surface area contributed by atoms with Crippen LogP contribution in [0, 0.1) is 17.7 Å². The van der Waals surface area contributed by atoms with Crippen LogP contribution in [0.3, 0.4) is 0 Å². The van der Waals surface area contributed by atoms with Gasteiger partial charge in [0.15, 0.2) is 0 Å². The molecule has 102 valence electrons. The van der Waals surface area contributed by atoms with Crippen molar-refractivity contribution >= 4 is 11.6 Å². The minimum Gasteiger partial charge on any atom is -0.314 e. The molecule has 0 fully saturated rings. The Morgan fingerprint density at radius 2 is 1.83 bits per heavy atom. The molecule has 0 heterocycles. The summed E-state index contributed by atoms with van der Waals surface area (Å²) in [4.78, 5) is 0. The van der Waals surface area contributed by atoms with Crippen molar-refractivity contribution in [1.29, 1.82) is 0 Å². The van der Waals surface area contributed by atoms with Crippen LogP contribution in [0.15, 0.2) is 18.2 Å². The Hall–Kier alpha value is -0.600. The van der Waals surface area contributed by atoms with Gasteiger partial charge in [-0.15, -0.1) is 0 Å². The van der Waals surface area contributed by atoms with Crippen molar-refractivity contribution in [1.82, 2.24) is 5.32 Å². The summed E-state index contributed by atoms with van der Waals surface area (Å²) in [6, 6.07) is 5.42. The Morgan fingerprint density at radius 3 is 2.39 bits per heavy atom. The number of rotatable bonds is 6. The molecule has 0 amide bonds. The van der Waals surface area contributed by atoms with Crippen molar-refractivity contribution in [2.75, 3.05) is 6.54 Å². The van der Waals surface area contributed by atoms with Gasteiger partial charge in [0.25, 0.3) is 0 Å². The Bertz CT molecular complexity index is 379. The molecule has 3 heteroatoms. The summed E-state index contributed by atoms with van der Waals surface area (Å²) in [5.41, 5.74) is 0.753. The molecule has 1 nitrogen and oxygen atoms in total. The lowest BCUT2D eigenvalue weighted by atomic mass is 9.89. The van der Waals surface area contributed by atoms with Crippen LogP contribution in [-0.4, -0.2) is 12.6 Å². The minimum absolute atomic E-state index is 0.196. The topological polar surface area (TPSA) is 12.0 Å². The molecule has 0 saturated heterocycles. The minimum atomic E-state index is -0.196. The van der Waals surface area contributed by atoms with Gasteiger partial charge in [0.2, 0.25) is 0 Å². The van der Waals surface area contributed by atoms with E-state index in [1.165, 1.54) is 6.07 Å². The molecule has 0 aliphatic carbocycles. The SMILES string of the molecule is CC(C)NCC(C)C(C)Cc1ccc(Cl)cc1F. The lowest BCUT2D eigenvalue weighted by Gasteiger charge is -2.22. The summed E-state index contributed by atoms with van der Waals surface area (Å²) in [6.45, 7) is 9.61. The van der Waals surface area contributed by atoms with Gasteiger partial charge >= 0.3 is 0 Å². The van der Waals surface area contributed by atoms with Crippen molar-refractivity contribution in [3.63, 3.8) is 0 Å². The highest BCUT2D eigenvalue weighted by molar-refractivity contribution is 6.30. The Morgan fingerprint density at radius 1 is 1.17 bits per heavy atom. The van der Waals surface area contributed by atoms with Crippen LogP contribution in [0.1, 0.15) is 33.3 Å². The van der Waals surface area contributed by atoms with Crippen LogP contribution in [0.2, 0.25) is 5.02 Å². The average Bonchev–Trinajstić information content (AvgIpc) is 2.29. The first-order valence-electron chi connectivity index (χ1n) is 6.57. The molecule has 0 bridgehead atoms. The Kier molecular flexibility index (Phi) is 6.10. The molecule has 18 heavy (non-hydrogen) atoms. The van der Waals surface area contributed by atoms with E-state index in [0.717, 1.165) is 18.5 Å². The van der Waals surface area contributed by atoms with E-state index in [1.807, 2.05) is 0 Å². The normalized spacial score (nSPS) is 14.8. The van der Waals surface area contributed by atoms with E-state index in [1.54, 1.807) is 12.1 Å². The van der Waals surface area contributed by atoms with E-state index in [4.69, 9.17) is 11.6 Å². The molecule has 1 rings (SSSR count). The summed E-state index contributed by atoms with van der Waals surface area (Å²) in [6.07, 6.45) is 0.754. The Labute approximate surface area is 115 Å². The molecule has 2 unspecified atom stereocenters. The quantitative estimate of drug-likeness (QED) is 0.814. The second-order valence-corrected chi connectivity index (χ2v) is 5.89. The molecule has 1 aromatic carbocycles. The van der Waals surface area contributed by atoms with Gasteiger partial charge in [-0.05, 0) is 42.5 Å². The summed E-state index contributed by atoms with van der Waals surface area (Å²) in [5.74, 6) is 0.757. The first-order chi connectivity index (χ1) is 8.40. The first kappa shape index (κ1) is 15.5. The summed E-state index contributed by atoms with van der Waals surface area (Å²) < 4.78 is 13.7. The standard InChI is InChI=1S/C15H23ClFN/c1-10(2)18-9-12(4)11(3)7-13-5-6-14(16)8-15(13)17/h5-6,8,10-12,18H,7,9H2,1-4H3. The summed E-state index contributed by atoms with van der Waals surface area (Å²) in [7, 11) is 0. The van der Waals surface area contributed by atoms with Crippen LogP contribution < -0.4 is 5.32 Å². The zero-order chi connectivity index (χ0) is 13.7. The van der Waals surface area contributed by atoms with E-state index in [2.05, 4.69) is 33.0 Å². The van der Waals surface area contributed by atoms with E-state index >= 15 is 0 Å². The monoisotopic (exact) mass is 271 g/mol. The maximum atomic E-state index is 13.7. The molecular formula is C15H23ClFN. The molecule has 0 spiro atoms. The second kappa shape index (κ2) is 7.10. The van der Waals surface area contributed by atoms with Crippen LogP contribution in [0.25, 0.3) is 0 Å². The molecule has 0 aromatic heterocycles. The predicted molar refractivity (Wildman–Crippen MR) is 76.6 cm³/mol. The molecule has 0 radical (unpaired) electrons. The average molecular weight is 272 g/mol. The van der Waals surface area contributed by atoms with E-state index < -0.39 is 0 Å².